The molecule has 1 heteroatoms. The second-order valence-electron chi connectivity index (χ2n) is 9.98. The standard InChI is InChI=1S/C30H45N/c1-3-5-6-7-8-9-11-28-20-23-30(31-24-28)29-21-18-27(19-22-29)17-16-26-14-12-25(10-4-2)13-15-26/h18-26H,3-17H2,1-2H3. The van der Waals surface area contributed by atoms with E-state index in [4.69, 9.17) is 4.98 Å². The van der Waals surface area contributed by atoms with Gasteiger partial charge in [-0.1, -0.05) is 115 Å². The Hall–Kier alpha value is -1.63. The number of nitrogens with zero attached hydrogens (tertiary/aromatic N) is 1. The van der Waals surface area contributed by atoms with Gasteiger partial charge in [0.05, 0.1) is 5.69 Å². The molecule has 0 saturated heterocycles. The second-order valence-corrected chi connectivity index (χ2v) is 9.98. The van der Waals surface area contributed by atoms with Crippen molar-refractivity contribution in [1.82, 2.24) is 4.98 Å². The first-order chi connectivity index (χ1) is 15.3. The Balaban J connectivity index is 1.39. The quantitative estimate of drug-likeness (QED) is 0.295. The summed E-state index contributed by atoms with van der Waals surface area (Å²) in [6, 6.07) is 13.7. The average Bonchev–Trinajstić information content (AvgIpc) is 2.82. The monoisotopic (exact) mass is 419 g/mol. The molecule has 0 N–H and O–H groups in total. The lowest BCUT2D eigenvalue weighted by Gasteiger charge is -2.28. The molecule has 0 aliphatic heterocycles. The average molecular weight is 420 g/mol. The highest BCUT2D eigenvalue weighted by atomic mass is 14.7. The van der Waals surface area contributed by atoms with Gasteiger partial charge in [-0.3, -0.25) is 4.98 Å². The third-order valence-corrected chi connectivity index (χ3v) is 7.40. The Morgan fingerprint density at radius 1 is 0.645 bits per heavy atom. The zero-order valence-corrected chi connectivity index (χ0v) is 20.2. The number of unbranched alkanes of at least 4 members (excludes halogenated alkanes) is 5. The molecule has 170 valence electrons. The molecule has 0 radical (unpaired) electrons. The van der Waals surface area contributed by atoms with Crippen LogP contribution in [-0.2, 0) is 12.8 Å². The lowest BCUT2D eigenvalue weighted by Crippen LogP contribution is -2.15. The van der Waals surface area contributed by atoms with Crippen LogP contribution in [0.15, 0.2) is 42.6 Å². The summed E-state index contributed by atoms with van der Waals surface area (Å²) in [5.74, 6) is 1.97. The van der Waals surface area contributed by atoms with Gasteiger partial charge in [-0.05, 0) is 54.7 Å². The van der Waals surface area contributed by atoms with Gasteiger partial charge in [0.2, 0.25) is 0 Å². The predicted molar refractivity (Wildman–Crippen MR) is 135 cm³/mol. The highest BCUT2D eigenvalue weighted by Crippen LogP contribution is 2.34. The van der Waals surface area contributed by atoms with Crippen LogP contribution in [0.1, 0.15) is 108 Å². The van der Waals surface area contributed by atoms with Crippen LogP contribution in [0.2, 0.25) is 0 Å². The molecule has 0 atom stereocenters. The number of aromatic nitrogens is 1. The number of aryl methyl sites for hydroxylation is 2. The van der Waals surface area contributed by atoms with Crippen molar-refractivity contribution in [3.63, 3.8) is 0 Å². The van der Waals surface area contributed by atoms with Crippen LogP contribution in [0.4, 0.5) is 0 Å². The van der Waals surface area contributed by atoms with Crippen LogP contribution in [0.25, 0.3) is 11.3 Å². The zero-order chi connectivity index (χ0) is 21.7. The largest absolute Gasteiger partial charge is 0.256 e. The molecular formula is C30H45N. The van der Waals surface area contributed by atoms with Crippen LogP contribution in [0.5, 0.6) is 0 Å². The number of hydrogen-bond donors (Lipinski definition) is 0. The molecular weight excluding hydrogens is 374 g/mol. The summed E-state index contributed by atoms with van der Waals surface area (Å²) in [6.07, 6.45) is 22.6. The van der Waals surface area contributed by atoms with Gasteiger partial charge in [0.25, 0.3) is 0 Å². The van der Waals surface area contributed by atoms with E-state index < -0.39 is 0 Å². The Morgan fingerprint density at radius 3 is 1.94 bits per heavy atom. The van der Waals surface area contributed by atoms with Crippen LogP contribution in [0, 0.1) is 11.8 Å². The van der Waals surface area contributed by atoms with Crippen molar-refractivity contribution in [3.05, 3.63) is 53.7 Å². The van der Waals surface area contributed by atoms with Gasteiger partial charge >= 0.3 is 0 Å². The molecule has 2 aromatic rings. The van der Waals surface area contributed by atoms with E-state index >= 15 is 0 Å². The fraction of sp³-hybridized carbons (Fsp3) is 0.633. The molecule has 1 aliphatic carbocycles. The summed E-state index contributed by atoms with van der Waals surface area (Å²) < 4.78 is 0. The van der Waals surface area contributed by atoms with Gasteiger partial charge in [-0.25, -0.2) is 0 Å². The van der Waals surface area contributed by atoms with Gasteiger partial charge < -0.3 is 0 Å². The zero-order valence-electron chi connectivity index (χ0n) is 20.2. The SMILES string of the molecule is CCCCCCCCc1ccc(-c2ccc(CCC3CCC(CCC)CC3)cc2)nc1. The van der Waals surface area contributed by atoms with Crippen LogP contribution in [0.3, 0.4) is 0 Å². The Labute approximate surface area is 192 Å². The minimum absolute atomic E-state index is 0.952. The number of pyridine rings is 1. The Kier molecular flexibility index (Phi) is 10.6. The van der Waals surface area contributed by atoms with E-state index in [1.807, 2.05) is 0 Å². The molecule has 1 fully saturated rings. The van der Waals surface area contributed by atoms with Crippen molar-refractivity contribution in [3.8, 4) is 11.3 Å². The first-order valence-electron chi connectivity index (χ1n) is 13.3. The maximum atomic E-state index is 4.75. The van der Waals surface area contributed by atoms with E-state index in [-0.39, 0.29) is 0 Å². The van der Waals surface area contributed by atoms with Gasteiger partial charge in [0.15, 0.2) is 0 Å². The smallest absolute Gasteiger partial charge is 0.0702 e. The maximum absolute atomic E-state index is 4.75. The molecule has 0 amide bonds. The predicted octanol–water partition coefficient (Wildman–Crippen LogP) is 9.19. The summed E-state index contributed by atoms with van der Waals surface area (Å²) in [7, 11) is 0. The van der Waals surface area contributed by atoms with Crippen molar-refractivity contribution in [2.45, 2.75) is 110 Å². The van der Waals surface area contributed by atoms with Gasteiger partial charge in [0, 0.05) is 11.8 Å². The van der Waals surface area contributed by atoms with Crippen molar-refractivity contribution in [2.24, 2.45) is 11.8 Å². The van der Waals surface area contributed by atoms with E-state index in [0.29, 0.717) is 0 Å². The maximum Gasteiger partial charge on any atom is 0.0702 e. The van der Waals surface area contributed by atoms with Crippen molar-refractivity contribution in [1.29, 1.82) is 0 Å². The van der Waals surface area contributed by atoms with Gasteiger partial charge in [-0.2, -0.15) is 0 Å². The minimum Gasteiger partial charge on any atom is -0.256 e. The lowest BCUT2D eigenvalue weighted by atomic mass is 9.78. The minimum atomic E-state index is 0.952. The highest BCUT2D eigenvalue weighted by Gasteiger charge is 2.20. The molecule has 1 nitrogen and oxygen atoms in total. The van der Waals surface area contributed by atoms with Crippen molar-refractivity contribution in [2.75, 3.05) is 0 Å². The van der Waals surface area contributed by atoms with Gasteiger partial charge in [0.1, 0.15) is 0 Å². The topological polar surface area (TPSA) is 12.9 Å². The molecule has 1 aliphatic rings. The number of rotatable bonds is 13. The first kappa shape index (κ1) is 24.0. The highest BCUT2D eigenvalue weighted by molar-refractivity contribution is 5.59. The molecule has 3 rings (SSSR count). The van der Waals surface area contributed by atoms with Crippen LogP contribution >= 0.6 is 0 Å². The van der Waals surface area contributed by atoms with Gasteiger partial charge in [-0.15, -0.1) is 0 Å². The fourth-order valence-corrected chi connectivity index (χ4v) is 5.28. The number of hydrogen-bond acceptors (Lipinski definition) is 1. The second kappa shape index (κ2) is 13.7. The molecule has 1 heterocycles. The molecule has 0 bridgehead atoms. The van der Waals surface area contributed by atoms with E-state index in [2.05, 4.69) is 56.4 Å². The fourth-order valence-electron chi connectivity index (χ4n) is 5.28. The summed E-state index contributed by atoms with van der Waals surface area (Å²) in [4.78, 5) is 4.75. The molecule has 1 saturated carbocycles. The first-order valence-corrected chi connectivity index (χ1v) is 13.3. The van der Waals surface area contributed by atoms with Crippen molar-refractivity contribution >= 4 is 0 Å². The third kappa shape index (κ3) is 8.43. The normalized spacial score (nSPS) is 18.9. The van der Waals surface area contributed by atoms with E-state index in [1.165, 1.54) is 113 Å². The summed E-state index contributed by atoms with van der Waals surface area (Å²) in [6.45, 7) is 4.61. The molecule has 0 spiro atoms. The van der Waals surface area contributed by atoms with E-state index in [9.17, 15) is 0 Å². The number of benzene rings is 1. The summed E-state index contributed by atoms with van der Waals surface area (Å²) in [5, 5.41) is 0. The molecule has 1 aromatic heterocycles. The van der Waals surface area contributed by atoms with Crippen LogP contribution in [-0.4, -0.2) is 4.98 Å². The summed E-state index contributed by atoms with van der Waals surface area (Å²) >= 11 is 0. The van der Waals surface area contributed by atoms with E-state index in [1.54, 1.807) is 0 Å². The van der Waals surface area contributed by atoms with E-state index in [0.717, 1.165) is 17.5 Å². The van der Waals surface area contributed by atoms with Crippen LogP contribution < -0.4 is 0 Å². The summed E-state index contributed by atoms with van der Waals surface area (Å²) in [5.41, 5.74) is 5.21. The molecule has 1 aromatic carbocycles. The molecule has 31 heavy (non-hydrogen) atoms. The Bertz CT molecular complexity index is 707. The molecule has 0 unspecified atom stereocenters. The lowest BCUT2D eigenvalue weighted by molar-refractivity contribution is 0.252. The van der Waals surface area contributed by atoms with Crippen molar-refractivity contribution < 1.29 is 0 Å². The third-order valence-electron chi connectivity index (χ3n) is 7.40. The Morgan fingerprint density at radius 2 is 1.29 bits per heavy atom.